The highest BCUT2D eigenvalue weighted by atomic mass is 16.5. The van der Waals surface area contributed by atoms with Gasteiger partial charge >= 0.3 is 0 Å². The van der Waals surface area contributed by atoms with E-state index in [4.69, 9.17) is 10.5 Å². The molecular weight excluding hydrogens is 180 g/mol. The molecule has 1 fully saturated rings. The fraction of sp³-hybridized carbons (Fsp3) is 0.900. The lowest BCUT2D eigenvalue weighted by Crippen LogP contribution is -2.50. The summed E-state index contributed by atoms with van der Waals surface area (Å²) in [6.07, 6.45) is 2.63. The van der Waals surface area contributed by atoms with Crippen molar-refractivity contribution in [3.05, 3.63) is 0 Å². The maximum absolute atomic E-state index is 11.8. The maximum atomic E-state index is 11.8. The number of carbonyl (C=O) groups is 1. The molecule has 4 heteroatoms. The molecule has 1 aliphatic heterocycles. The van der Waals surface area contributed by atoms with Crippen LogP contribution in [0.15, 0.2) is 0 Å². The Kier molecular flexibility index (Phi) is 3.89. The molecule has 0 spiro atoms. The number of hydrogen-bond donors (Lipinski definition) is 2. The van der Waals surface area contributed by atoms with Crippen molar-refractivity contribution < 1.29 is 9.53 Å². The summed E-state index contributed by atoms with van der Waals surface area (Å²) in [6, 6.07) is 0.0727. The minimum Gasteiger partial charge on any atom is -0.365 e. The molecule has 2 atom stereocenters. The van der Waals surface area contributed by atoms with Crippen molar-refractivity contribution in [1.29, 1.82) is 0 Å². The number of nitrogens with two attached hydrogens (primary N) is 1. The van der Waals surface area contributed by atoms with E-state index in [-0.39, 0.29) is 11.9 Å². The van der Waals surface area contributed by atoms with E-state index in [2.05, 4.69) is 5.32 Å². The molecule has 1 aliphatic rings. The van der Waals surface area contributed by atoms with Crippen molar-refractivity contribution in [3.63, 3.8) is 0 Å². The van der Waals surface area contributed by atoms with Crippen molar-refractivity contribution in [2.45, 2.75) is 44.8 Å². The summed E-state index contributed by atoms with van der Waals surface area (Å²) < 4.78 is 5.44. The van der Waals surface area contributed by atoms with Crippen LogP contribution in [0.5, 0.6) is 0 Å². The highest BCUT2D eigenvalue weighted by Gasteiger charge is 2.38. The zero-order valence-corrected chi connectivity index (χ0v) is 9.01. The number of carbonyl (C=O) groups excluding carboxylic acids is 1. The minimum absolute atomic E-state index is 0.0210. The summed E-state index contributed by atoms with van der Waals surface area (Å²) in [6.45, 7) is 5.02. The first kappa shape index (κ1) is 11.5. The molecule has 82 valence electrons. The zero-order valence-electron chi connectivity index (χ0n) is 9.01. The highest BCUT2D eigenvalue weighted by molar-refractivity contribution is 5.85. The van der Waals surface area contributed by atoms with Gasteiger partial charge in [-0.1, -0.05) is 6.92 Å². The van der Waals surface area contributed by atoms with E-state index in [1.165, 1.54) is 0 Å². The van der Waals surface area contributed by atoms with Crippen LogP contribution in [-0.4, -0.2) is 30.7 Å². The number of amides is 1. The van der Waals surface area contributed by atoms with Gasteiger partial charge in [0.2, 0.25) is 0 Å². The zero-order chi connectivity index (χ0) is 10.6. The predicted molar refractivity (Wildman–Crippen MR) is 54.9 cm³/mol. The van der Waals surface area contributed by atoms with Gasteiger partial charge in [-0.05, 0) is 26.2 Å². The Hall–Kier alpha value is -0.610. The van der Waals surface area contributed by atoms with Gasteiger partial charge in [0.15, 0.2) is 0 Å². The SMILES string of the molecule is CCC(CN)NC(=O)C1(C)CCCO1. The van der Waals surface area contributed by atoms with Crippen molar-refractivity contribution in [1.82, 2.24) is 5.32 Å². The normalized spacial score (nSPS) is 28.8. The molecule has 0 aromatic heterocycles. The molecule has 2 unspecified atom stereocenters. The van der Waals surface area contributed by atoms with Crippen LogP contribution in [0.1, 0.15) is 33.1 Å². The quantitative estimate of drug-likeness (QED) is 0.691. The van der Waals surface area contributed by atoms with Crippen LogP contribution in [0.25, 0.3) is 0 Å². The van der Waals surface area contributed by atoms with E-state index in [9.17, 15) is 4.79 Å². The van der Waals surface area contributed by atoms with Gasteiger partial charge in [0.05, 0.1) is 0 Å². The van der Waals surface area contributed by atoms with Crippen LogP contribution in [0.4, 0.5) is 0 Å². The topological polar surface area (TPSA) is 64.3 Å². The summed E-state index contributed by atoms with van der Waals surface area (Å²) in [7, 11) is 0. The Morgan fingerprint density at radius 2 is 2.43 bits per heavy atom. The Morgan fingerprint density at radius 1 is 1.71 bits per heavy atom. The van der Waals surface area contributed by atoms with E-state index >= 15 is 0 Å². The molecule has 1 heterocycles. The molecule has 0 bridgehead atoms. The number of rotatable bonds is 4. The van der Waals surface area contributed by atoms with Crippen LogP contribution in [0.2, 0.25) is 0 Å². The van der Waals surface area contributed by atoms with Crippen molar-refractivity contribution in [2.24, 2.45) is 5.73 Å². The molecule has 0 aromatic rings. The lowest BCUT2D eigenvalue weighted by molar-refractivity contribution is -0.140. The van der Waals surface area contributed by atoms with E-state index in [1.54, 1.807) is 0 Å². The van der Waals surface area contributed by atoms with Crippen LogP contribution >= 0.6 is 0 Å². The third-order valence-electron chi connectivity index (χ3n) is 2.81. The third-order valence-corrected chi connectivity index (χ3v) is 2.81. The fourth-order valence-electron chi connectivity index (χ4n) is 1.62. The molecule has 0 saturated carbocycles. The van der Waals surface area contributed by atoms with Gasteiger partial charge in [-0.2, -0.15) is 0 Å². The fourth-order valence-corrected chi connectivity index (χ4v) is 1.62. The van der Waals surface area contributed by atoms with Crippen molar-refractivity contribution in [2.75, 3.05) is 13.2 Å². The lowest BCUT2D eigenvalue weighted by atomic mass is 10.0. The average molecular weight is 200 g/mol. The van der Waals surface area contributed by atoms with E-state index in [1.807, 2.05) is 13.8 Å². The molecule has 1 amide bonds. The molecule has 3 N–H and O–H groups in total. The second-order valence-corrected chi connectivity index (χ2v) is 4.00. The molecular formula is C10H20N2O2. The van der Waals surface area contributed by atoms with E-state index in [0.717, 1.165) is 19.3 Å². The first-order valence-corrected chi connectivity index (χ1v) is 5.27. The number of ether oxygens (including phenoxy) is 1. The molecule has 4 nitrogen and oxygen atoms in total. The Labute approximate surface area is 85.2 Å². The van der Waals surface area contributed by atoms with Crippen molar-refractivity contribution in [3.8, 4) is 0 Å². The first-order valence-electron chi connectivity index (χ1n) is 5.27. The second-order valence-electron chi connectivity index (χ2n) is 4.00. The number of hydrogen-bond acceptors (Lipinski definition) is 3. The average Bonchev–Trinajstić information content (AvgIpc) is 2.62. The van der Waals surface area contributed by atoms with Gasteiger partial charge in [0.1, 0.15) is 5.60 Å². The van der Waals surface area contributed by atoms with Crippen LogP contribution in [-0.2, 0) is 9.53 Å². The summed E-state index contributed by atoms with van der Waals surface area (Å²) in [4.78, 5) is 11.8. The van der Waals surface area contributed by atoms with Gasteiger partial charge in [-0.15, -0.1) is 0 Å². The first-order chi connectivity index (χ1) is 6.62. The summed E-state index contributed by atoms with van der Waals surface area (Å²) >= 11 is 0. The molecule has 14 heavy (non-hydrogen) atoms. The Morgan fingerprint density at radius 3 is 2.86 bits per heavy atom. The van der Waals surface area contributed by atoms with E-state index in [0.29, 0.717) is 13.2 Å². The van der Waals surface area contributed by atoms with Crippen LogP contribution in [0, 0.1) is 0 Å². The van der Waals surface area contributed by atoms with Gasteiger partial charge in [0.25, 0.3) is 5.91 Å². The van der Waals surface area contributed by atoms with Gasteiger partial charge < -0.3 is 15.8 Å². The minimum atomic E-state index is -0.622. The standard InChI is InChI=1S/C10H20N2O2/c1-3-8(7-11)12-9(13)10(2)5-4-6-14-10/h8H,3-7,11H2,1-2H3,(H,12,13). The summed E-state index contributed by atoms with van der Waals surface area (Å²) in [5.74, 6) is -0.0210. The molecule has 1 rings (SSSR count). The van der Waals surface area contributed by atoms with Crippen LogP contribution in [0.3, 0.4) is 0 Å². The van der Waals surface area contributed by atoms with Gasteiger partial charge in [-0.25, -0.2) is 0 Å². The third kappa shape index (κ3) is 2.45. The Bertz CT molecular complexity index is 196. The van der Waals surface area contributed by atoms with Crippen molar-refractivity contribution >= 4 is 5.91 Å². The monoisotopic (exact) mass is 200 g/mol. The largest absolute Gasteiger partial charge is 0.365 e. The van der Waals surface area contributed by atoms with Crippen LogP contribution < -0.4 is 11.1 Å². The second kappa shape index (κ2) is 4.75. The lowest BCUT2D eigenvalue weighted by Gasteiger charge is -2.25. The molecule has 0 radical (unpaired) electrons. The molecule has 0 aromatic carbocycles. The predicted octanol–water partition coefficient (Wildman–Crippen LogP) is 0.409. The van der Waals surface area contributed by atoms with Gasteiger partial charge in [0, 0.05) is 19.2 Å². The summed E-state index contributed by atoms with van der Waals surface area (Å²) in [5, 5.41) is 2.91. The van der Waals surface area contributed by atoms with E-state index < -0.39 is 5.60 Å². The Balaban J connectivity index is 2.48. The van der Waals surface area contributed by atoms with Gasteiger partial charge in [-0.3, -0.25) is 4.79 Å². The smallest absolute Gasteiger partial charge is 0.252 e. The molecule has 0 aliphatic carbocycles. The maximum Gasteiger partial charge on any atom is 0.252 e. The highest BCUT2D eigenvalue weighted by Crippen LogP contribution is 2.25. The summed E-state index contributed by atoms with van der Waals surface area (Å²) in [5.41, 5.74) is 4.90. The number of nitrogens with one attached hydrogen (secondary N) is 1. The molecule has 1 saturated heterocycles.